The maximum atomic E-state index is 13.7. The molecule has 2 aromatic heterocycles. The summed E-state index contributed by atoms with van der Waals surface area (Å²) < 4.78 is 5.76. The second kappa shape index (κ2) is 10.3. The van der Waals surface area contributed by atoms with Crippen LogP contribution in [-0.2, 0) is 4.79 Å². The quantitative estimate of drug-likeness (QED) is 0.282. The van der Waals surface area contributed by atoms with Gasteiger partial charge in [0.05, 0.1) is 44.4 Å². The number of ketones is 2. The molecule has 1 aromatic carbocycles. The Balaban J connectivity index is 1.81. The highest BCUT2D eigenvalue weighted by Crippen LogP contribution is 2.44. The van der Waals surface area contributed by atoms with Crippen LogP contribution >= 0.6 is 22.7 Å². The summed E-state index contributed by atoms with van der Waals surface area (Å²) in [5.74, 6) is -1.33. The Morgan fingerprint density at radius 3 is 2.28 bits per heavy atom. The van der Waals surface area contributed by atoms with Crippen molar-refractivity contribution in [1.82, 2.24) is 9.97 Å². The van der Waals surface area contributed by atoms with Gasteiger partial charge in [-0.05, 0) is 44.9 Å². The first-order chi connectivity index (χ1) is 17.1. The van der Waals surface area contributed by atoms with E-state index in [1.165, 1.54) is 23.2 Å². The third-order valence-electron chi connectivity index (χ3n) is 5.84. The first-order valence-corrected chi connectivity index (χ1v) is 13.2. The molecule has 3 aromatic rings. The van der Waals surface area contributed by atoms with Crippen LogP contribution in [0, 0.1) is 20.8 Å². The summed E-state index contributed by atoms with van der Waals surface area (Å²) >= 11 is 2.28. The van der Waals surface area contributed by atoms with Crippen molar-refractivity contribution in [3.8, 4) is 5.75 Å². The highest BCUT2D eigenvalue weighted by Gasteiger charge is 2.46. The van der Waals surface area contributed by atoms with Crippen molar-refractivity contribution in [2.75, 3.05) is 11.5 Å². The molecule has 0 saturated heterocycles. The molecule has 1 amide bonds. The minimum absolute atomic E-state index is 0.0383. The number of carbonyl (C=O) groups is 3. The Morgan fingerprint density at radius 1 is 1.06 bits per heavy atom. The fourth-order valence-corrected chi connectivity index (χ4v) is 5.97. The average molecular weight is 526 g/mol. The van der Waals surface area contributed by atoms with Crippen LogP contribution in [0.2, 0.25) is 0 Å². The largest absolute Gasteiger partial charge is 0.503 e. The van der Waals surface area contributed by atoms with Gasteiger partial charge in [0.15, 0.2) is 16.7 Å². The van der Waals surface area contributed by atoms with Crippen LogP contribution in [0.15, 0.2) is 35.6 Å². The normalized spacial score (nSPS) is 15.6. The van der Waals surface area contributed by atoms with Gasteiger partial charge in [-0.15, -0.1) is 11.3 Å². The highest BCUT2D eigenvalue weighted by molar-refractivity contribution is 7.17. The van der Waals surface area contributed by atoms with Crippen LogP contribution in [0.1, 0.15) is 74.0 Å². The average Bonchev–Trinajstić information content (AvgIpc) is 3.47. The molecular formula is C26H27N3O5S2. The van der Waals surface area contributed by atoms with Gasteiger partial charge in [0.25, 0.3) is 5.91 Å². The molecule has 36 heavy (non-hydrogen) atoms. The van der Waals surface area contributed by atoms with Gasteiger partial charge in [0.2, 0.25) is 5.78 Å². The number of ether oxygens (including phenoxy) is 1. The fourth-order valence-electron chi connectivity index (χ4n) is 4.11. The van der Waals surface area contributed by atoms with Gasteiger partial charge in [-0.1, -0.05) is 36.8 Å². The Labute approximate surface area is 217 Å². The van der Waals surface area contributed by atoms with Crippen molar-refractivity contribution in [2.24, 2.45) is 0 Å². The minimum atomic E-state index is -0.929. The third kappa shape index (κ3) is 4.70. The number of hydrogen-bond acceptors (Lipinski definition) is 9. The van der Waals surface area contributed by atoms with Gasteiger partial charge in [-0.3, -0.25) is 19.3 Å². The standard InChI is InChI=1S/C26H27N3O5S2/c1-6-7-12-34-18-10-8-17(9-11-18)20-19(21(31)24-14(3)27-16(5)35-24)22(32)25(33)29(20)26-28-13(2)23(36-26)15(4)30/h8-11,20,32H,6-7,12H2,1-5H3. The minimum Gasteiger partial charge on any atom is -0.503 e. The number of anilines is 1. The number of nitrogens with zero attached hydrogens (tertiary/aromatic N) is 3. The predicted octanol–water partition coefficient (Wildman–Crippen LogP) is 5.69. The number of rotatable bonds is 9. The molecule has 0 radical (unpaired) electrons. The number of carbonyl (C=O) groups excluding carboxylic acids is 3. The first kappa shape index (κ1) is 25.7. The SMILES string of the molecule is CCCCOc1ccc(C2C(C(=O)c3sc(C)nc3C)=C(O)C(=O)N2c2nc(C)c(C(C)=O)s2)cc1. The highest BCUT2D eigenvalue weighted by atomic mass is 32.1. The maximum Gasteiger partial charge on any atom is 0.296 e. The molecular weight excluding hydrogens is 498 g/mol. The number of hydrogen-bond donors (Lipinski definition) is 1. The van der Waals surface area contributed by atoms with Crippen LogP contribution < -0.4 is 9.64 Å². The van der Waals surface area contributed by atoms with Crippen LogP contribution in [0.3, 0.4) is 0 Å². The number of aryl methyl sites for hydroxylation is 3. The fraction of sp³-hybridized carbons (Fsp3) is 0.346. The number of aliphatic hydroxyl groups is 1. The molecule has 188 valence electrons. The van der Waals surface area contributed by atoms with E-state index in [2.05, 4.69) is 16.9 Å². The van der Waals surface area contributed by atoms with Gasteiger partial charge >= 0.3 is 0 Å². The lowest BCUT2D eigenvalue weighted by Crippen LogP contribution is -2.31. The van der Waals surface area contributed by atoms with Crippen LogP contribution in [0.25, 0.3) is 0 Å². The number of aliphatic hydroxyl groups excluding tert-OH is 1. The summed E-state index contributed by atoms with van der Waals surface area (Å²) in [5.41, 5.74) is 1.59. The molecule has 10 heteroatoms. The van der Waals surface area contributed by atoms with Crippen molar-refractivity contribution in [3.63, 3.8) is 0 Å². The van der Waals surface area contributed by atoms with E-state index in [0.29, 0.717) is 44.1 Å². The molecule has 0 saturated carbocycles. The van der Waals surface area contributed by atoms with Crippen molar-refractivity contribution >= 4 is 45.3 Å². The second-order valence-corrected chi connectivity index (χ2v) is 10.7. The second-order valence-electron chi connectivity index (χ2n) is 8.55. The number of unbranched alkanes of at least 4 members (excludes halogenated alkanes) is 1. The van der Waals surface area contributed by atoms with E-state index in [1.54, 1.807) is 45.0 Å². The van der Waals surface area contributed by atoms with Crippen LogP contribution in [-0.4, -0.2) is 39.2 Å². The summed E-state index contributed by atoms with van der Waals surface area (Å²) in [7, 11) is 0. The van der Waals surface area contributed by atoms with E-state index in [1.807, 2.05) is 0 Å². The van der Waals surface area contributed by atoms with Crippen molar-refractivity contribution in [3.05, 3.63) is 67.3 Å². The van der Waals surface area contributed by atoms with E-state index < -0.39 is 23.5 Å². The smallest absolute Gasteiger partial charge is 0.296 e. The van der Waals surface area contributed by atoms with E-state index in [4.69, 9.17) is 4.74 Å². The summed E-state index contributed by atoms with van der Waals surface area (Å²) in [6.07, 6.45) is 1.94. The zero-order valence-electron chi connectivity index (χ0n) is 20.7. The molecule has 0 bridgehead atoms. The summed E-state index contributed by atoms with van der Waals surface area (Å²) in [6, 6.07) is 6.18. The Bertz CT molecular complexity index is 1370. The van der Waals surface area contributed by atoms with Crippen molar-refractivity contribution < 1.29 is 24.2 Å². The number of aromatic nitrogens is 2. The monoisotopic (exact) mass is 525 g/mol. The molecule has 0 aliphatic carbocycles. The number of benzene rings is 1. The zero-order chi connectivity index (χ0) is 26.1. The van der Waals surface area contributed by atoms with Gasteiger partial charge in [-0.25, -0.2) is 9.97 Å². The molecule has 1 aliphatic rings. The Hall–Kier alpha value is -3.37. The molecule has 0 spiro atoms. The topological polar surface area (TPSA) is 110 Å². The van der Waals surface area contributed by atoms with E-state index >= 15 is 0 Å². The molecule has 4 rings (SSSR count). The van der Waals surface area contributed by atoms with Gasteiger partial charge in [0, 0.05) is 6.92 Å². The predicted molar refractivity (Wildman–Crippen MR) is 140 cm³/mol. The van der Waals surface area contributed by atoms with Crippen LogP contribution in [0.5, 0.6) is 5.75 Å². The number of Topliss-reactive ketones (excluding diaryl/α,β-unsaturated/α-hetero) is 2. The zero-order valence-corrected chi connectivity index (χ0v) is 22.4. The first-order valence-electron chi connectivity index (χ1n) is 11.6. The van der Waals surface area contributed by atoms with Gasteiger partial charge < -0.3 is 9.84 Å². The molecule has 3 heterocycles. The number of thiazole rings is 2. The molecule has 1 N–H and O–H groups in total. The summed E-state index contributed by atoms with van der Waals surface area (Å²) in [4.78, 5) is 50.0. The van der Waals surface area contributed by atoms with Crippen LogP contribution in [0.4, 0.5) is 5.13 Å². The summed E-state index contributed by atoms with van der Waals surface area (Å²) in [5, 5.41) is 11.9. The van der Waals surface area contributed by atoms with E-state index in [0.717, 1.165) is 24.2 Å². The Morgan fingerprint density at radius 2 is 1.72 bits per heavy atom. The molecule has 1 atom stereocenters. The number of amides is 1. The van der Waals surface area contributed by atoms with Gasteiger partial charge in [-0.2, -0.15) is 0 Å². The molecule has 8 nitrogen and oxygen atoms in total. The van der Waals surface area contributed by atoms with Crippen molar-refractivity contribution in [1.29, 1.82) is 0 Å². The lowest BCUT2D eigenvalue weighted by atomic mass is 9.95. The lowest BCUT2D eigenvalue weighted by Gasteiger charge is -2.24. The molecule has 1 unspecified atom stereocenters. The third-order valence-corrected chi connectivity index (χ3v) is 8.17. The summed E-state index contributed by atoms with van der Waals surface area (Å²) in [6.45, 7) is 9.32. The van der Waals surface area contributed by atoms with E-state index in [9.17, 15) is 19.5 Å². The lowest BCUT2D eigenvalue weighted by molar-refractivity contribution is -0.117. The Kier molecular flexibility index (Phi) is 7.37. The van der Waals surface area contributed by atoms with Crippen molar-refractivity contribution in [2.45, 2.75) is 53.5 Å². The maximum absolute atomic E-state index is 13.7. The molecule has 1 aliphatic heterocycles. The molecule has 0 fully saturated rings. The van der Waals surface area contributed by atoms with Gasteiger partial charge in [0.1, 0.15) is 5.75 Å². The van der Waals surface area contributed by atoms with E-state index in [-0.39, 0.29) is 16.5 Å².